The van der Waals surface area contributed by atoms with Crippen LogP contribution in [0.4, 0.5) is 11.4 Å². The molecule has 1 fully saturated rings. The molecular weight excluding hydrogens is 514 g/mol. The fourth-order valence-electron chi connectivity index (χ4n) is 4.84. The van der Waals surface area contributed by atoms with Gasteiger partial charge >= 0.3 is 11.7 Å². The van der Waals surface area contributed by atoms with E-state index in [2.05, 4.69) is 5.32 Å². The Hall–Kier alpha value is -4.44. The number of hydrogen-bond acceptors (Lipinski definition) is 8. The van der Waals surface area contributed by atoms with Gasteiger partial charge in [-0.2, -0.15) is 0 Å². The Morgan fingerprint density at radius 3 is 2.70 bits per heavy atom. The maximum absolute atomic E-state index is 13.7. The van der Waals surface area contributed by atoms with E-state index in [4.69, 9.17) is 14.6 Å². The summed E-state index contributed by atoms with van der Waals surface area (Å²) >= 11 is 0. The number of carbonyl (C=O) groups is 2. The Morgan fingerprint density at radius 2 is 1.98 bits per heavy atom. The molecule has 1 amide bonds. The molecule has 0 radical (unpaired) electrons. The number of nitro groups is 1. The number of aliphatic hydroxyl groups is 1. The number of allylic oxidation sites excluding steroid dienone is 3. The van der Waals surface area contributed by atoms with Gasteiger partial charge in [0.15, 0.2) is 0 Å². The van der Waals surface area contributed by atoms with Crippen LogP contribution in [0.3, 0.4) is 0 Å². The van der Waals surface area contributed by atoms with Crippen LogP contribution in [0, 0.1) is 10.1 Å². The van der Waals surface area contributed by atoms with Crippen molar-refractivity contribution >= 4 is 23.3 Å². The Labute approximate surface area is 232 Å². The predicted molar refractivity (Wildman–Crippen MR) is 150 cm³/mol. The molecule has 0 bridgehead atoms. The number of ether oxygens (including phenoxy) is 2. The van der Waals surface area contributed by atoms with Crippen molar-refractivity contribution in [3.8, 4) is 5.75 Å². The molecule has 1 aliphatic carbocycles. The molecule has 4 rings (SSSR count). The summed E-state index contributed by atoms with van der Waals surface area (Å²) in [4.78, 5) is 39.2. The van der Waals surface area contributed by atoms with E-state index >= 15 is 0 Å². The molecule has 40 heavy (non-hydrogen) atoms. The fraction of sp³-hybridized carbons (Fsp3) is 0.333. The van der Waals surface area contributed by atoms with Crippen LogP contribution in [0.5, 0.6) is 5.75 Å². The maximum Gasteiger partial charge on any atom is 0.334 e. The van der Waals surface area contributed by atoms with E-state index in [1.165, 1.54) is 6.07 Å². The van der Waals surface area contributed by atoms with Crippen LogP contribution in [0.2, 0.25) is 0 Å². The first kappa shape index (κ1) is 28.6. The highest BCUT2D eigenvalue weighted by molar-refractivity contribution is 6.00. The van der Waals surface area contributed by atoms with E-state index in [1.54, 1.807) is 36.1 Å². The largest absolute Gasteiger partial charge is 0.466 e. The minimum atomic E-state index is -0.501. The summed E-state index contributed by atoms with van der Waals surface area (Å²) in [6, 6.07) is 13.7. The number of rotatable bonds is 12. The number of para-hydroxylation sites is 1. The van der Waals surface area contributed by atoms with Crippen LogP contribution >= 0.6 is 0 Å². The summed E-state index contributed by atoms with van der Waals surface area (Å²) in [7, 11) is 0. The predicted octanol–water partition coefficient (Wildman–Crippen LogP) is 4.84. The van der Waals surface area contributed by atoms with Gasteiger partial charge in [0, 0.05) is 31.7 Å². The third kappa shape index (κ3) is 6.76. The molecule has 1 unspecified atom stereocenters. The molecule has 1 saturated heterocycles. The summed E-state index contributed by atoms with van der Waals surface area (Å²) in [5.74, 6) is -0.0336. The highest BCUT2D eigenvalue weighted by Gasteiger charge is 2.34. The lowest BCUT2D eigenvalue weighted by Crippen LogP contribution is -2.41. The van der Waals surface area contributed by atoms with Gasteiger partial charge in [-0.1, -0.05) is 42.5 Å². The second kappa shape index (κ2) is 13.6. The highest BCUT2D eigenvalue weighted by Crippen LogP contribution is 2.38. The number of piperidine rings is 1. The number of fused-ring (bicyclic) bond motifs is 1. The molecule has 10 heteroatoms. The molecule has 1 aliphatic heterocycles. The van der Waals surface area contributed by atoms with Crippen molar-refractivity contribution in [2.45, 2.75) is 38.6 Å². The number of nitrogens with one attached hydrogen (secondary N) is 1. The van der Waals surface area contributed by atoms with Gasteiger partial charge in [0.05, 0.1) is 24.0 Å². The quantitative estimate of drug-likeness (QED) is 0.167. The number of anilines is 1. The van der Waals surface area contributed by atoms with Crippen LogP contribution < -0.4 is 10.1 Å². The van der Waals surface area contributed by atoms with E-state index in [1.807, 2.05) is 36.4 Å². The van der Waals surface area contributed by atoms with Gasteiger partial charge in [-0.3, -0.25) is 19.7 Å². The van der Waals surface area contributed by atoms with Crippen LogP contribution in [-0.4, -0.2) is 53.1 Å². The summed E-state index contributed by atoms with van der Waals surface area (Å²) in [6.45, 7) is 2.79. The summed E-state index contributed by atoms with van der Waals surface area (Å²) < 4.78 is 11.2. The molecule has 2 N–H and O–H groups in total. The van der Waals surface area contributed by atoms with Crippen LogP contribution in [-0.2, 0) is 14.3 Å². The summed E-state index contributed by atoms with van der Waals surface area (Å²) in [5, 5.41) is 23.9. The number of carbonyl (C=O) groups excluding carboxylic acids is 2. The number of aliphatic hydroxyl groups excluding tert-OH is 1. The molecule has 0 spiro atoms. The van der Waals surface area contributed by atoms with Gasteiger partial charge in [-0.25, -0.2) is 0 Å². The Kier molecular flexibility index (Phi) is 9.69. The minimum absolute atomic E-state index is 0.0295. The van der Waals surface area contributed by atoms with Crippen molar-refractivity contribution in [1.29, 1.82) is 0 Å². The lowest BCUT2D eigenvalue weighted by molar-refractivity contribution is -0.384. The smallest absolute Gasteiger partial charge is 0.334 e. The normalized spacial score (nSPS) is 15.6. The lowest BCUT2D eigenvalue weighted by Gasteiger charge is -2.36. The topological polar surface area (TPSA) is 131 Å². The molecule has 2 aliphatic rings. The van der Waals surface area contributed by atoms with E-state index < -0.39 is 11.0 Å². The minimum Gasteiger partial charge on any atom is -0.466 e. The first-order valence-corrected chi connectivity index (χ1v) is 13.3. The van der Waals surface area contributed by atoms with Gasteiger partial charge in [0.1, 0.15) is 11.4 Å². The molecule has 210 valence electrons. The Morgan fingerprint density at radius 1 is 1.18 bits per heavy atom. The highest BCUT2D eigenvalue weighted by atomic mass is 16.6. The number of esters is 1. The third-order valence-corrected chi connectivity index (χ3v) is 6.74. The zero-order valence-corrected chi connectivity index (χ0v) is 22.4. The number of likely N-dealkylation sites (tertiary alicyclic amines) is 1. The van der Waals surface area contributed by atoms with Crippen molar-refractivity contribution < 1.29 is 29.1 Å². The molecule has 2 aromatic carbocycles. The van der Waals surface area contributed by atoms with Crippen molar-refractivity contribution in [3.63, 3.8) is 0 Å². The van der Waals surface area contributed by atoms with Gasteiger partial charge in [0.25, 0.3) is 5.91 Å². The number of nitrogens with zero attached hydrogens (tertiary/aromatic N) is 2. The molecular formula is C30H33N3O7. The second-order valence-corrected chi connectivity index (χ2v) is 9.35. The molecule has 0 saturated carbocycles. The van der Waals surface area contributed by atoms with Crippen molar-refractivity contribution in [2.24, 2.45) is 0 Å². The van der Waals surface area contributed by atoms with E-state index in [0.29, 0.717) is 49.4 Å². The zero-order chi connectivity index (χ0) is 28.5. The van der Waals surface area contributed by atoms with Crippen LogP contribution in [0.15, 0.2) is 83.7 Å². The molecule has 10 nitrogen and oxygen atoms in total. The van der Waals surface area contributed by atoms with Gasteiger partial charge in [0.2, 0.25) is 5.75 Å². The third-order valence-electron chi connectivity index (χ3n) is 6.74. The van der Waals surface area contributed by atoms with Crippen molar-refractivity contribution in [1.82, 2.24) is 4.90 Å². The standard InChI is InChI=1S/C30H33N3O7/c1-2-39-28(35)20-26(22-8-4-3-5-9-22)32-18-16-21-12-13-23(14-15-24(21)30(32)36)40-27-11-6-10-25(29(27)33(37)38)31-17-7-19-34/h3-6,8-12,14-15,26,31,34H,2,7,13,16-20H2,1H3. The Bertz CT molecular complexity index is 1330. The van der Waals surface area contributed by atoms with Crippen molar-refractivity contribution in [3.05, 3.63) is 99.3 Å². The number of nitro benzene ring substituents is 1. The van der Waals surface area contributed by atoms with E-state index in [-0.39, 0.29) is 42.9 Å². The maximum atomic E-state index is 13.7. The first-order chi connectivity index (χ1) is 19.4. The van der Waals surface area contributed by atoms with Crippen LogP contribution in [0.1, 0.15) is 44.2 Å². The van der Waals surface area contributed by atoms with Crippen LogP contribution in [0.25, 0.3) is 0 Å². The monoisotopic (exact) mass is 547 g/mol. The molecule has 1 heterocycles. The van der Waals surface area contributed by atoms with Gasteiger partial charge in [-0.05, 0) is 55.2 Å². The number of benzene rings is 2. The van der Waals surface area contributed by atoms with E-state index in [0.717, 1.165) is 11.1 Å². The second-order valence-electron chi connectivity index (χ2n) is 9.35. The molecule has 0 aromatic heterocycles. The lowest BCUT2D eigenvalue weighted by atomic mass is 9.92. The fourth-order valence-corrected chi connectivity index (χ4v) is 4.84. The zero-order valence-electron chi connectivity index (χ0n) is 22.4. The first-order valence-electron chi connectivity index (χ1n) is 13.3. The number of hydrogen-bond donors (Lipinski definition) is 2. The average Bonchev–Trinajstić information content (AvgIpc) is 3.16. The van der Waals surface area contributed by atoms with Gasteiger partial charge < -0.3 is 24.8 Å². The summed E-state index contributed by atoms with van der Waals surface area (Å²) in [6.07, 6.45) is 6.71. The van der Waals surface area contributed by atoms with Gasteiger partial charge in [-0.15, -0.1) is 0 Å². The number of amides is 1. The SMILES string of the molecule is CCOC(=O)CC(c1ccccc1)N1CCC2=CCC(Oc3cccc(NCCCO)c3[N+](=O)[O-])=CC=C2C1=O. The van der Waals surface area contributed by atoms with Crippen molar-refractivity contribution in [2.75, 3.05) is 31.6 Å². The average molecular weight is 548 g/mol. The van der Waals surface area contributed by atoms with E-state index in [9.17, 15) is 19.7 Å². The molecule has 1 atom stereocenters. The Balaban J connectivity index is 1.58. The molecule has 2 aromatic rings. The summed E-state index contributed by atoms with van der Waals surface area (Å²) in [5.41, 5.74) is 2.33.